The lowest BCUT2D eigenvalue weighted by Crippen LogP contribution is -2.52. The number of likely N-dealkylation sites (tertiary alicyclic amines) is 1. The molecule has 2 aromatic rings. The summed E-state index contributed by atoms with van der Waals surface area (Å²) in [5.74, 6) is 1.55. The van der Waals surface area contributed by atoms with Crippen LogP contribution in [0, 0.1) is 0 Å². The number of Topliss-reactive ketones (excluding diaryl/α,β-unsaturated/α-hetero) is 1. The SMILES string of the molecule is CCC(=O)c1ccccc1OCCCN1CCC(N(C(=O)NC(C)C)c2ccc(OC)cc2)CC1. The summed E-state index contributed by atoms with van der Waals surface area (Å²) in [4.78, 5) is 29.5. The van der Waals surface area contributed by atoms with Crippen molar-refractivity contribution in [2.45, 2.75) is 58.5 Å². The topological polar surface area (TPSA) is 71.1 Å². The monoisotopic (exact) mass is 481 g/mol. The van der Waals surface area contributed by atoms with Crippen LogP contribution in [0.5, 0.6) is 11.5 Å². The van der Waals surface area contributed by atoms with Crippen molar-refractivity contribution in [3.8, 4) is 11.5 Å². The molecule has 0 saturated carbocycles. The number of urea groups is 1. The third-order valence-electron chi connectivity index (χ3n) is 6.29. The van der Waals surface area contributed by atoms with Gasteiger partial charge in [-0.3, -0.25) is 9.69 Å². The summed E-state index contributed by atoms with van der Waals surface area (Å²) in [6.07, 6.45) is 3.17. The summed E-state index contributed by atoms with van der Waals surface area (Å²) in [7, 11) is 1.64. The highest BCUT2D eigenvalue weighted by atomic mass is 16.5. The van der Waals surface area contributed by atoms with Crippen molar-refractivity contribution in [3.63, 3.8) is 0 Å². The average molecular weight is 482 g/mol. The maximum Gasteiger partial charge on any atom is 0.322 e. The van der Waals surface area contributed by atoms with Gasteiger partial charge in [0.2, 0.25) is 0 Å². The molecule has 2 amide bonds. The van der Waals surface area contributed by atoms with Crippen molar-refractivity contribution in [2.24, 2.45) is 0 Å². The second kappa shape index (κ2) is 13.1. The number of rotatable bonds is 11. The molecular formula is C28H39N3O4. The Morgan fingerprint density at radius 2 is 1.77 bits per heavy atom. The van der Waals surface area contributed by atoms with Crippen LogP contribution in [-0.4, -0.2) is 62.1 Å². The number of carbonyl (C=O) groups is 2. The van der Waals surface area contributed by atoms with Crippen LogP contribution < -0.4 is 19.7 Å². The first-order valence-corrected chi connectivity index (χ1v) is 12.6. The number of carbonyl (C=O) groups excluding carboxylic acids is 2. The largest absolute Gasteiger partial charge is 0.497 e. The Morgan fingerprint density at radius 3 is 2.40 bits per heavy atom. The van der Waals surface area contributed by atoms with Gasteiger partial charge in [0.1, 0.15) is 11.5 Å². The molecular weight excluding hydrogens is 442 g/mol. The predicted molar refractivity (Wildman–Crippen MR) is 140 cm³/mol. The van der Waals surface area contributed by atoms with Gasteiger partial charge in [-0.1, -0.05) is 19.1 Å². The number of para-hydroxylation sites is 1. The minimum Gasteiger partial charge on any atom is -0.497 e. The van der Waals surface area contributed by atoms with Crippen LogP contribution >= 0.6 is 0 Å². The van der Waals surface area contributed by atoms with Gasteiger partial charge in [0.05, 0.1) is 19.3 Å². The summed E-state index contributed by atoms with van der Waals surface area (Å²) in [5, 5.41) is 3.05. The number of piperidine rings is 1. The van der Waals surface area contributed by atoms with Crippen molar-refractivity contribution >= 4 is 17.5 Å². The van der Waals surface area contributed by atoms with E-state index in [0.717, 1.165) is 50.3 Å². The standard InChI is InChI=1S/C28H39N3O4/c1-5-26(32)25-9-6-7-10-27(25)35-20-8-17-30-18-15-23(16-19-30)31(28(33)29-21(2)3)22-11-13-24(34-4)14-12-22/h6-7,9-14,21,23H,5,8,15-20H2,1-4H3,(H,29,33). The number of methoxy groups -OCH3 is 1. The Labute approximate surface area is 209 Å². The second-order valence-corrected chi connectivity index (χ2v) is 9.22. The predicted octanol–water partition coefficient (Wildman–Crippen LogP) is 5.15. The number of ether oxygens (including phenoxy) is 2. The molecule has 0 spiro atoms. The van der Waals surface area contributed by atoms with E-state index < -0.39 is 0 Å². The van der Waals surface area contributed by atoms with E-state index >= 15 is 0 Å². The van der Waals surface area contributed by atoms with Gasteiger partial charge in [0.15, 0.2) is 5.78 Å². The summed E-state index contributed by atoms with van der Waals surface area (Å²) >= 11 is 0. The molecule has 3 rings (SSSR count). The number of hydrogen-bond donors (Lipinski definition) is 1. The lowest BCUT2D eigenvalue weighted by Gasteiger charge is -2.39. The molecule has 0 bridgehead atoms. The average Bonchev–Trinajstić information content (AvgIpc) is 2.87. The van der Waals surface area contributed by atoms with Crippen molar-refractivity contribution in [2.75, 3.05) is 38.3 Å². The Hall–Kier alpha value is -3.06. The Morgan fingerprint density at radius 1 is 1.09 bits per heavy atom. The van der Waals surface area contributed by atoms with Gasteiger partial charge in [-0.15, -0.1) is 0 Å². The van der Waals surface area contributed by atoms with E-state index in [1.54, 1.807) is 7.11 Å². The van der Waals surface area contributed by atoms with E-state index in [0.29, 0.717) is 24.3 Å². The molecule has 2 aromatic carbocycles. The highest BCUT2D eigenvalue weighted by molar-refractivity contribution is 5.98. The van der Waals surface area contributed by atoms with Gasteiger partial charge >= 0.3 is 6.03 Å². The molecule has 0 unspecified atom stereocenters. The molecule has 0 radical (unpaired) electrons. The summed E-state index contributed by atoms with van der Waals surface area (Å²) in [6.45, 7) is 9.18. The minimum absolute atomic E-state index is 0.0580. The van der Waals surface area contributed by atoms with Gasteiger partial charge in [0, 0.05) is 43.8 Å². The fourth-order valence-corrected chi connectivity index (χ4v) is 4.44. The summed E-state index contributed by atoms with van der Waals surface area (Å²) < 4.78 is 11.2. The van der Waals surface area contributed by atoms with Crippen LogP contribution in [0.4, 0.5) is 10.5 Å². The maximum atomic E-state index is 13.1. The molecule has 1 heterocycles. The van der Waals surface area contributed by atoms with Gasteiger partial charge in [-0.05, 0) is 69.5 Å². The number of hydrogen-bond acceptors (Lipinski definition) is 5. The Kier molecular flexibility index (Phi) is 9.97. The first-order valence-electron chi connectivity index (χ1n) is 12.6. The van der Waals surface area contributed by atoms with E-state index in [-0.39, 0.29) is 23.9 Å². The van der Waals surface area contributed by atoms with Crippen molar-refractivity contribution in [1.29, 1.82) is 0 Å². The number of ketones is 1. The van der Waals surface area contributed by atoms with Crippen molar-refractivity contribution in [3.05, 3.63) is 54.1 Å². The van der Waals surface area contributed by atoms with Crippen molar-refractivity contribution < 1.29 is 19.1 Å². The molecule has 7 nitrogen and oxygen atoms in total. The highest BCUT2D eigenvalue weighted by Crippen LogP contribution is 2.26. The number of amides is 2. The number of anilines is 1. The molecule has 1 saturated heterocycles. The van der Waals surface area contributed by atoms with Gasteiger partial charge < -0.3 is 19.7 Å². The van der Waals surface area contributed by atoms with Gasteiger partial charge in [-0.25, -0.2) is 4.79 Å². The normalized spacial score (nSPS) is 14.5. The zero-order valence-corrected chi connectivity index (χ0v) is 21.5. The van der Waals surface area contributed by atoms with E-state index in [1.807, 2.05) is 74.2 Å². The molecule has 0 aromatic heterocycles. The van der Waals surface area contributed by atoms with E-state index in [1.165, 1.54) is 0 Å². The summed E-state index contributed by atoms with van der Waals surface area (Å²) in [5.41, 5.74) is 1.55. The van der Waals surface area contributed by atoms with Gasteiger partial charge in [0.25, 0.3) is 0 Å². The lowest BCUT2D eigenvalue weighted by molar-refractivity contribution is 0.0983. The number of benzene rings is 2. The summed E-state index contributed by atoms with van der Waals surface area (Å²) in [6, 6.07) is 15.3. The van der Waals surface area contributed by atoms with Crippen LogP contribution in [-0.2, 0) is 0 Å². The zero-order chi connectivity index (χ0) is 25.2. The van der Waals surface area contributed by atoms with Crippen LogP contribution in [0.25, 0.3) is 0 Å². The molecule has 190 valence electrons. The highest BCUT2D eigenvalue weighted by Gasteiger charge is 2.29. The third kappa shape index (κ3) is 7.46. The van der Waals surface area contributed by atoms with E-state index in [2.05, 4.69) is 10.2 Å². The first kappa shape index (κ1) is 26.5. The van der Waals surface area contributed by atoms with Crippen molar-refractivity contribution in [1.82, 2.24) is 10.2 Å². The molecule has 1 N–H and O–H groups in total. The number of nitrogens with zero attached hydrogens (tertiary/aromatic N) is 2. The fourth-order valence-electron chi connectivity index (χ4n) is 4.44. The van der Waals surface area contributed by atoms with Crippen LogP contribution in [0.2, 0.25) is 0 Å². The lowest BCUT2D eigenvalue weighted by atomic mass is 10.0. The van der Waals surface area contributed by atoms with Crippen LogP contribution in [0.3, 0.4) is 0 Å². The maximum absolute atomic E-state index is 13.1. The van der Waals surface area contributed by atoms with Crippen LogP contribution in [0.15, 0.2) is 48.5 Å². The second-order valence-electron chi connectivity index (χ2n) is 9.22. The molecule has 1 aliphatic rings. The molecule has 0 atom stereocenters. The molecule has 0 aliphatic carbocycles. The molecule has 7 heteroatoms. The Bertz CT molecular complexity index is 953. The fraction of sp³-hybridized carbons (Fsp3) is 0.500. The molecule has 1 fully saturated rings. The third-order valence-corrected chi connectivity index (χ3v) is 6.29. The Balaban J connectivity index is 1.52. The molecule has 35 heavy (non-hydrogen) atoms. The van der Waals surface area contributed by atoms with Crippen LogP contribution in [0.1, 0.15) is 56.8 Å². The van der Waals surface area contributed by atoms with Gasteiger partial charge in [-0.2, -0.15) is 0 Å². The molecule has 1 aliphatic heterocycles. The quantitative estimate of drug-likeness (QED) is 0.355. The smallest absolute Gasteiger partial charge is 0.322 e. The minimum atomic E-state index is -0.0580. The zero-order valence-electron chi connectivity index (χ0n) is 21.5. The van der Waals surface area contributed by atoms with E-state index in [4.69, 9.17) is 9.47 Å². The first-order chi connectivity index (χ1) is 16.9. The number of nitrogens with one attached hydrogen (secondary N) is 1. The van der Waals surface area contributed by atoms with E-state index in [9.17, 15) is 9.59 Å².